The number of carbonyl (C=O) groups is 1. The van der Waals surface area contributed by atoms with E-state index in [0.29, 0.717) is 15.8 Å². The fourth-order valence-corrected chi connectivity index (χ4v) is 6.34. The van der Waals surface area contributed by atoms with Crippen LogP contribution >= 0.6 is 23.8 Å². The van der Waals surface area contributed by atoms with E-state index in [1.807, 2.05) is 36.5 Å². The number of nitrogens with one attached hydrogen (secondary N) is 2. The summed E-state index contributed by atoms with van der Waals surface area (Å²) in [4.78, 5) is 21.3. The predicted molar refractivity (Wildman–Crippen MR) is 166 cm³/mol. The van der Waals surface area contributed by atoms with Gasteiger partial charge in [0, 0.05) is 56.6 Å². The number of benzene rings is 1. The van der Waals surface area contributed by atoms with Crippen LogP contribution in [-0.2, 0) is 20.8 Å². The van der Waals surface area contributed by atoms with E-state index in [1.165, 1.54) is 24.1 Å². The number of nitrogens with zero attached hydrogens (tertiary/aromatic N) is 4. The van der Waals surface area contributed by atoms with E-state index in [9.17, 15) is 4.79 Å². The normalized spacial score (nSPS) is 19.4. The Kier molecular flexibility index (Phi) is 9.57. The van der Waals surface area contributed by atoms with E-state index in [2.05, 4.69) is 49.9 Å². The van der Waals surface area contributed by atoms with Gasteiger partial charge < -0.3 is 29.6 Å². The number of anilines is 2. The molecule has 0 aliphatic carbocycles. The molecule has 0 unspecified atom stereocenters. The van der Waals surface area contributed by atoms with Gasteiger partial charge in [0.05, 0.1) is 41.7 Å². The van der Waals surface area contributed by atoms with Gasteiger partial charge in [-0.25, -0.2) is 0 Å². The third-order valence-electron chi connectivity index (χ3n) is 7.77. The molecule has 0 saturated carbocycles. The van der Waals surface area contributed by atoms with Crippen molar-refractivity contribution < 1.29 is 14.3 Å². The fourth-order valence-electron chi connectivity index (χ4n) is 5.77. The molecule has 2 aliphatic rings. The van der Waals surface area contributed by atoms with Gasteiger partial charge in [-0.3, -0.25) is 14.7 Å². The first-order chi connectivity index (χ1) is 19.9. The molecule has 5 rings (SSSR count). The van der Waals surface area contributed by atoms with Crippen LogP contribution in [-0.4, -0.2) is 72.0 Å². The van der Waals surface area contributed by atoms with Crippen molar-refractivity contribution in [3.8, 4) is 0 Å². The summed E-state index contributed by atoms with van der Waals surface area (Å²) in [6.45, 7) is 9.93. The SMILES string of the molecule is COCC(=O)Nc1ccc(N2C(=S)N[C@@H](c3ccccn3)[C@@H]2c2cc(C)n(CCCN3CCOCC3)c2C)cc1Cl. The average molecular weight is 597 g/mol. The molecule has 3 aromatic rings. The van der Waals surface area contributed by atoms with E-state index in [-0.39, 0.29) is 24.6 Å². The molecule has 2 aromatic heterocycles. The van der Waals surface area contributed by atoms with Gasteiger partial charge >= 0.3 is 0 Å². The number of ether oxygens (including phenoxy) is 2. The summed E-state index contributed by atoms with van der Waals surface area (Å²) in [5, 5.41) is 7.34. The minimum absolute atomic E-state index is 0.0475. The number of morpholine rings is 1. The highest BCUT2D eigenvalue weighted by Crippen LogP contribution is 2.44. The summed E-state index contributed by atoms with van der Waals surface area (Å²) in [5.41, 5.74) is 5.87. The van der Waals surface area contributed by atoms with Gasteiger partial charge in [0.2, 0.25) is 5.91 Å². The van der Waals surface area contributed by atoms with Crippen LogP contribution in [0.25, 0.3) is 0 Å². The van der Waals surface area contributed by atoms with Crippen LogP contribution in [0.4, 0.5) is 11.4 Å². The summed E-state index contributed by atoms with van der Waals surface area (Å²) >= 11 is 12.6. The standard InChI is InChI=1S/C30H37ClN6O3S/c1-20-17-23(21(2)36(20)12-6-11-35-13-15-40-16-14-35)29-28(26-7-4-5-10-32-26)34-30(41)37(29)22-8-9-25(24(31)18-22)33-27(38)19-39-3/h4-5,7-10,17-18,28-29H,6,11-16,19H2,1-3H3,(H,33,38)(H,34,41)/t28-,29-/m0/s1. The van der Waals surface area contributed by atoms with Crippen molar-refractivity contribution in [3.05, 3.63) is 76.3 Å². The summed E-state index contributed by atoms with van der Waals surface area (Å²) in [6, 6.07) is 13.5. The van der Waals surface area contributed by atoms with E-state index in [0.717, 1.165) is 57.2 Å². The number of rotatable bonds is 10. The molecule has 1 aromatic carbocycles. The molecule has 0 radical (unpaired) electrons. The summed E-state index contributed by atoms with van der Waals surface area (Å²) in [6.07, 6.45) is 2.87. The Morgan fingerprint density at radius 2 is 2.00 bits per heavy atom. The highest BCUT2D eigenvalue weighted by atomic mass is 35.5. The second-order valence-electron chi connectivity index (χ2n) is 10.4. The number of methoxy groups -OCH3 is 1. The topological polar surface area (TPSA) is 83.9 Å². The molecule has 2 aliphatic heterocycles. The molecule has 2 N–H and O–H groups in total. The van der Waals surface area contributed by atoms with Gasteiger partial charge in [-0.2, -0.15) is 0 Å². The van der Waals surface area contributed by atoms with Crippen molar-refractivity contribution in [2.75, 3.05) is 56.8 Å². The Balaban J connectivity index is 1.46. The Hall–Kier alpha value is -3.02. The van der Waals surface area contributed by atoms with E-state index >= 15 is 0 Å². The lowest BCUT2D eigenvalue weighted by atomic mass is 9.96. The van der Waals surface area contributed by atoms with Gasteiger partial charge in [0.15, 0.2) is 5.11 Å². The van der Waals surface area contributed by atoms with Crippen LogP contribution in [0.5, 0.6) is 0 Å². The number of carbonyl (C=O) groups excluding carboxylic acids is 1. The first-order valence-corrected chi connectivity index (χ1v) is 14.7. The maximum absolute atomic E-state index is 12.1. The number of aromatic nitrogens is 2. The van der Waals surface area contributed by atoms with Crippen molar-refractivity contribution in [1.82, 2.24) is 19.8 Å². The van der Waals surface area contributed by atoms with E-state index < -0.39 is 0 Å². The lowest BCUT2D eigenvalue weighted by Gasteiger charge is -2.29. The van der Waals surface area contributed by atoms with Crippen molar-refractivity contribution in [3.63, 3.8) is 0 Å². The quantitative estimate of drug-likeness (QED) is 0.328. The Bertz CT molecular complexity index is 1380. The molecule has 41 heavy (non-hydrogen) atoms. The molecule has 2 saturated heterocycles. The second-order valence-corrected chi connectivity index (χ2v) is 11.2. The van der Waals surface area contributed by atoms with Crippen LogP contribution in [0.2, 0.25) is 5.02 Å². The van der Waals surface area contributed by atoms with Crippen molar-refractivity contribution in [1.29, 1.82) is 0 Å². The minimum Gasteiger partial charge on any atom is -0.379 e. The molecule has 2 fully saturated rings. The maximum Gasteiger partial charge on any atom is 0.250 e. The number of pyridine rings is 1. The molecule has 2 atom stereocenters. The molecule has 11 heteroatoms. The molecule has 0 bridgehead atoms. The minimum atomic E-state index is -0.269. The highest BCUT2D eigenvalue weighted by Gasteiger charge is 2.42. The maximum atomic E-state index is 12.1. The lowest BCUT2D eigenvalue weighted by molar-refractivity contribution is -0.119. The average Bonchev–Trinajstić information content (AvgIpc) is 3.46. The van der Waals surface area contributed by atoms with Crippen molar-refractivity contribution in [2.45, 2.75) is 38.9 Å². The summed E-state index contributed by atoms with van der Waals surface area (Å²) in [7, 11) is 1.48. The number of halogens is 1. The molecule has 1 amide bonds. The molecular weight excluding hydrogens is 560 g/mol. The van der Waals surface area contributed by atoms with Crippen LogP contribution in [0.3, 0.4) is 0 Å². The van der Waals surface area contributed by atoms with E-state index in [1.54, 1.807) is 6.07 Å². The smallest absolute Gasteiger partial charge is 0.250 e. The van der Waals surface area contributed by atoms with Crippen LogP contribution in [0.15, 0.2) is 48.7 Å². The fraction of sp³-hybridized carbons (Fsp3) is 0.433. The van der Waals surface area contributed by atoms with Crippen LogP contribution in [0.1, 0.15) is 41.1 Å². The van der Waals surface area contributed by atoms with E-state index in [4.69, 9.17) is 33.3 Å². The van der Waals surface area contributed by atoms with Gasteiger partial charge in [0.25, 0.3) is 0 Å². The zero-order valence-electron chi connectivity index (χ0n) is 23.7. The van der Waals surface area contributed by atoms with Crippen molar-refractivity contribution in [2.24, 2.45) is 0 Å². The summed E-state index contributed by atoms with van der Waals surface area (Å²) in [5.74, 6) is -0.269. The largest absolute Gasteiger partial charge is 0.379 e. The number of amides is 1. The summed E-state index contributed by atoms with van der Waals surface area (Å²) < 4.78 is 12.8. The number of hydrogen-bond acceptors (Lipinski definition) is 6. The third-order valence-corrected chi connectivity index (χ3v) is 8.40. The Morgan fingerprint density at radius 3 is 2.71 bits per heavy atom. The molecule has 4 heterocycles. The molecule has 9 nitrogen and oxygen atoms in total. The van der Waals surface area contributed by atoms with Gasteiger partial charge in [-0.15, -0.1) is 0 Å². The lowest BCUT2D eigenvalue weighted by Crippen LogP contribution is -2.37. The monoisotopic (exact) mass is 596 g/mol. The molecular formula is C30H37ClN6O3S. The van der Waals surface area contributed by atoms with Gasteiger partial charge in [0.1, 0.15) is 6.61 Å². The first-order valence-electron chi connectivity index (χ1n) is 13.9. The van der Waals surface area contributed by atoms with Crippen LogP contribution in [0, 0.1) is 13.8 Å². The third kappa shape index (κ3) is 6.57. The first kappa shape index (κ1) is 29.5. The number of hydrogen-bond donors (Lipinski definition) is 2. The Labute approximate surface area is 251 Å². The zero-order valence-corrected chi connectivity index (χ0v) is 25.3. The predicted octanol–water partition coefficient (Wildman–Crippen LogP) is 4.64. The van der Waals surface area contributed by atoms with Gasteiger partial charge in [-0.05, 0) is 74.4 Å². The number of thiocarbonyl (C=S) groups is 1. The highest BCUT2D eigenvalue weighted by molar-refractivity contribution is 7.80. The molecule has 218 valence electrons. The van der Waals surface area contributed by atoms with Crippen molar-refractivity contribution >= 4 is 46.2 Å². The Morgan fingerprint density at radius 1 is 1.20 bits per heavy atom. The number of aryl methyl sites for hydroxylation is 1. The molecule has 0 spiro atoms. The van der Waals surface area contributed by atoms with Gasteiger partial charge in [-0.1, -0.05) is 17.7 Å². The second kappa shape index (κ2) is 13.3. The van der Waals surface area contributed by atoms with Crippen LogP contribution < -0.4 is 15.5 Å². The zero-order chi connectivity index (χ0) is 28.9.